The van der Waals surface area contributed by atoms with E-state index in [0.29, 0.717) is 52.4 Å². The van der Waals surface area contributed by atoms with Crippen LogP contribution in [0.3, 0.4) is 0 Å². The Morgan fingerprint density at radius 2 is 1.11 bits per heavy atom. The molecular weight excluding hydrogens is 1330 g/mol. The highest BCUT2D eigenvalue weighted by Gasteiger charge is 2.59. The van der Waals surface area contributed by atoms with Gasteiger partial charge in [-0.2, -0.15) is 0 Å². The Hall–Kier alpha value is -8.54. The molecule has 24 heteroatoms. The molecule has 0 aliphatic carbocycles. The Labute approximate surface area is 585 Å². The molecule has 2 fully saturated rings. The number of carbonyl (C=O) groups excluding carboxylic acids is 7. The van der Waals surface area contributed by atoms with E-state index in [1.165, 1.54) is 17.1 Å². The third kappa shape index (κ3) is 16.8. The van der Waals surface area contributed by atoms with Crippen LogP contribution >= 0.6 is 30.1 Å². The summed E-state index contributed by atoms with van der Waals surface area (Å²) in [6.45, 7) is 21.0. The van der Waals surface area contributed by atoms with Crippen LogP contribution in [0.4, 0.5) is 0 Å². The van der Waals surface area contributed by atoms with Gasteiger partial charge >= 0.3 is 11.9 Å². The van der Waals surface area contributed by atoms with E-state index in [-0.39, 0.29) is 96.1 Å². The molecule has 2 N–H and O–H groups in total. The number of aryl methyl sites for hydroxylation is 2. The number of benzene rings is 5. The summed E-state index contributed by atoms with van der Waals surface area (Å²) in [4.78, 5) is 107. The second-order valence-electron chi connectivity index (χ2n) is 26.4. The minimum absolute atomic E-state index is 0.0130. The van der Waals surface area contributed by atoms with Gasteiger partial charge in [0.2, 0.25) is 23.6 Å². The predicted molar refractivity (Wildman–Crippen MR) is 389 cm³/mol. The van der Waals surface area contributed by atoms with Crippen LogP contribution in [0.1, 0.15) is 65.1 Å². The highest BCUT2D eigenvalue weighted by molar-refractivity contribution is 7.96. The second kappa shape index (κ2) is 32.0. The van der Waals surface area contributed by atoms with Crippen molar-refractivity contribution in [1.82, 2.24) is 39.5 Å². The van der Waals surface area contributed by atoms with Gasteiger partial charge in [-0.25, -0.2) is 19.6 Å². The zero-order chi connectivity index (χ0) is 70.8. The predicted octanol–water partition coefficient (Wildman–Crippen LogP) is 10.3. The number of esters is 2. The highest BCUT2D eigenvalue weighted by atomic mass is 35.5. The van der Waals surface area contributed by atoms with E-state index in [0.717, 1.165) is 27.3 Å². The van der Waals surface area contributed by atoms with E-state index >= 15 is 0 Å². The van der Waals surface area contributed by atoms with Gasteiger partial charge in [0.15, 0.2) is 22.4 Å². The first-order chi connectivity index (χ1) is 46.7. The van der Waals surface area contributed by atoms with Gasteiger partial charge in [-0.3, -0.25) is 24.0 Å². The number of hydrogen-bond acceptors (Lipinski definition) is 13. The third-order valence-electron chi connectivity index (χ3n) is 17.2. The van der Waals surface area contributed by atoms with E-state index < -0.39 is 53.5 Å². The number of ether oxygens (including phenoxy) is 2. The van der Waals surface area contributed by atoms with Crippen molar-refractivity contribution in [2.75, 3.05) is 13.2 Å². The van der Waals surface area contributed by atoms with E-state index in [2.05, 4.69) is 53.4 Å². The van der Waals surface area contributed by atoms with Gasteiger partial charge < -0.3 is 47.9 Å². The maximum absolute atomic E-state index is 15.0. The van der Waals surface area contributed by atoms with E-state index in [4.69, 9.17) is 41.5 Å². The summed E-state index contributed by atoms with van der Waals surface area (Å²) < 4.78 is 27.7. The summed E-state index contributed by atoms with van der Waals surface area (Å²) in [5, 5.41) is 8.94. The monoisotopic (exact) mass is 1420 g/mol. The third-order valence-corrected chi connectivity index (χ3v) is 24.3. The van der Waals surface area contributed by atoms with Gasteiger partial charge in [0.05, 0.1) is 86.1 Å². The molecule has 0 saturated carbocycles. The lowest BCUT2D eigenvalue weighted by atomic mass is 9.79. The van der Waals surface area contributed by atoms with Crippen molar-refractivity contribution in [3.8, 4) is 0 Å². The zero-order valence-electron chi connectivity index (χ0n) is 57.0. The number of halogens is 2. The Morgan fingerprint density at radius 3 is 1.56 bits per heavy atom. The van der Waals surface area contributed by atoms with E-state index in [1.54, 1.807) is 60.3 Å². The molecule has 19 nitrogen and oxygen atoms in total. The first kappa shape index (κ1) is 73.7. The molecule has 10 rings (SSSR count). The molecule has 4 amide bonds. The summed E-state index contributed by atoms with van der Waals surface area (Å²) in [7, 11) is -0.333. The SMILES string of the molecule is C=CCOC(=O)C(N1C(=O)[C@H]([C@@H](C)O[Si](C)(C)C)[C@H]1CC(=O)c1ccc(CC(=O)NCc2cncn2C)c(Cl)c1)=P(c1ccccc1)(c1ccccc1)c1ccccc1.C=CCOC(=O)C1=C(c2ccc(CC(=O)NCc3cncn3C)c(Cl)c2)C[C@@H]2[C@@H]([C@@H](C)O[Si](C)(C)C)C(=O)N12. The molecule has 7 aromatic rings. The van der Waals surface area contributed by atoms with Crippen molar-refractivity contribution in [2.45, 2.75) is 116 Å². The summed E-state index contributed by atoms with van der Waals surface area (Å²) in [6.07, 6.45) is 9.36. The molecule has 5 aromatic carbocycles. The number of β-lactam (4-membered cyclic amide) rings is 2. The number of aromatic nitrogens is 4. The minimum atomic E-state index is -3.22. The number of carbonyl (C=O) groups is 7. The zero-order valence-corrected chi connectivity index (χ0v) is 61.4. The van der Waals surface area contributed by atoms with Crippen molar-refractivity contribution in [2.24, 2.45) is 25.9 Å². The summed E-state index contributed by atoms with van der Waals surface area (Å²) >= 11 is 13.4. The quantitative estimate of drug-likeness (QED) is 0.0116. The standard InChI is InChI=1S/C46H50ClN4O6PSi.C28H35ClN4O5Si/c1-7-25-56-46(55)45(58(36-17-11-8-12-18-36,37-19-13-9-14-20-37)38-21-15-10-16-22-38)51-40(43(44(51)54)32(2)57-59(4,5)6)28-41(52)34-24-23-33(39(47)26-34)27-42(53)49-30-35-29-48-31-50(35)3;1-7-10-37-28(36)26-21(13-23-25(27(35)33(23)26)17(2)38-39(4,5)6)18-8-9-19(22(29)11-18)12-24(34)31-15-20-14-30-16-32(20)3/h7-24,26,29,31-32,40,43H,1,25,27-28,30H2,2-6H3,(H,49,53);7-9,11,14,16-17,23,25H,1,10,12-13,15H2,2-6H3,(H,31,34)/t32-,40-,43-;17-,23-,25-/m11/s1. The van der Waals surface area contributed by atoms with Gasteiger partial charge in [-0.15, -0.1) is 0 Å². The number of amides is 4. The minimum Gasteiger partial charge on any atom is -0.457 e. The summed E-state index contributed by atoms with van der Waals surface area (Å²) in [6, 6.07) is 38.5. The van der Waals surface area contributed by atoms with Crippen molar-refractivity contribution in [1.29, 1.82) is 0 Å². The molecule has 6 atom stereocenters. The number of rotatable bonds is 28. The van der Waals surface area contributed by atoms with E-state index in [9.17, 15) is 33.6 Å². The van der Waals surface area contributed by atoms with Crippen LogP contribution in [0.2, 0.25) is 49.3 Å². The Morgan fingerprint density at radius 1 is 0.643 bits per heavy atom. The molecule has 0 bridgehead atoms. The smallest absolute Gasteiger partial charge is 0.356 e. The molecule has 0 unspecified atom stereocenters. The molecule has 0 spiro atoms. The summed E-state index contributed by atoms with van der Waals surface area (Å²) in [5.41, 5.74) is 5.09. The maximum Gasteiger partial charge on any atom is 0.356 e. The molecule has 0 radical (unpaired) electrons. The van der Waals surface area contributed by atoms with E-state index in [1.807, 2.05) is 154 Å². The first-order valence-electron chi connectivity index (χ1n) is 32.5. The van der Waals surface area contributed by atoms with Crippen molar-refractivity contribution >= 4 is 115 Å². The van der Waals surface area contributed by atoms with Gasteiger partial charge in [0.25, 0.3) is 0 Å². The van der Waals surface area contributed by atoms with Crippen LogP contribution in [0, 0.1) is 11.8 Å². The number of nitrogens with one attached hydrogen (secondary N) is 2. The van der Waals surface area contributed by atoms with Crippen LogP contribution < -0.4 is 26.5 Å². The molecule has 514 valence electrons. The maximum atomic E-state index is 15.0. The van der Waals surface area contributed by atoms with Crippen molar-refractivity contribution in [3.05, 3.63) is 227 Å². The number of likely N-dealkylation sites (tertiary alicyclic amines) is 1. The lowest BCUT2D eigenvalue weighted by molar-refractivity contribution is -0.161. The highest BCUT2D eigenvalue weighted by Crippen LogP contribution is 2.51. The fraction of sp³-hybridized carbons (Fsp3) is 0.324. The largest absolute Gasteiger partial charge is 0.457 e. The van der Waals surface area contributed by atoms with Gasteiger partial charge in [0, 0.05) is 55.4 Å². The molecule has 2 aromatic heterocycles. The Kier molecular flexibility index (Phi) is 24.1. The Bertz CT molecular complexity index is 4120. The molecule has 2 saturated heterocycles. The number of nitrogens with zero attached hydrogens (tertiary/aromatic N) is 6. The number of imidazole rings is 2. The molecule has 5 heterocycles. The molecule has 3 aliphatic rings. The van der Waals surface area contributed by atoms with Crippen LogP contribution in [-0.4, -0.2) is 130 Å². The Balaban J connectivity index is 0.000000249. The topological polar surface area (TPSA) is 223 Å². The number of fused-ring (bicyclic) bond motifs is 1. The number of hydrogen-bond donors (Lipinski definition) is 2. The second-order valence-corrected chi connectivity index (χ2v) is 39.5. The van der Waals surface area contributed by atoms with Gasteiger partial charge in [-0.1, -0.05) is 164 Å². The fourth-order valence-electron chi connectivity index (χ4n) is 12.9. The van der Waals surface area contributed by atoms with Crippen LogP contribution in [0.5, 0.6) is 0 Å². The fourth-order valence-corrected chi connectivity index (χ4v) is 20.3. The normalized spacial score (nSPS) is 17.3. The summed E-state index contributed by atoms with van der Waals surface area (Å²) in [5.74, 6) is -3.48. The molecular formula is C74H85Cl2N8O11PSi2. The number of Topliss-reactive ketones (excluding diaryl/α,β-unsaturated/α-hetero) is 1. The molecule has 3 aliphatic heterocycles. The number of ketones is 1. The van der Waals surface area contributed by atoms with Crippen LogP contribution in [0.15, 0.2) is 183 Å². The average Bonchev–Trinajstić information content (AvgIpc) is 1.27. The average molecular weight is 1420 g/mol. The van der Waals surface area contributed by atoms with Crippen molar-refractivity contribution < 1.29 is 51.9 Å². The first-order valence-corrected chi connectivity index (χ1v) is 41.8. The molecule has 98 heavy (non-hydrogen) atoms. The van der Waals surface area contributed by atoms with Gasteiger partial charge in [-0.05, 0) is 110 Å². The van der Waals surface area contributed by atoms with Crippen LogP contribution in [-0.2, 0) is 87.1 Å². The lowest BCUT2D eigenvalue weighted by Crippen LogP contribution is -2.69. The van der Waals surface area contributed by atoms with Crippen molar-refractivity contribution in [3.63, 3.8) is 0 Å². The van der Waals surface area contributed by atoms with Crippen LogP contribution in [0.25, 0.3) is 5.57 Å². The lowest BCUT2D eigenvalue weighted by Gasteiger charge is -2.52. The van der Waals surface area contributed by atoms with Gasteiger partial charge in [0.1, 0.15) is 24.3 Å².